The molecule has 7 heteroatoms. The van der Waals surface area contributed by atoms with Gasteiger partial charge in [-0.25, -0.2) is 4.98 Å². The highest BCUT2D eigenvalue weighted by molar-refractivity contribution is 6.31. The van der Waals surface area contributed by atoms with Crippen molar-refractivity contribution in [3.8, 4) is 0 Å². The molecule has 5 nitrogen and oxygen atoms in total. The van der Waals surface area contributed by atoms with Crippen LogP contribution in [-0.2, 0) is 6.54 Å². The van der Waals surface area contributed by atoms with E-state index in [4.69, 9.17) is 23.2 Å². The van der Waals surface area contributed by atoms with Crippen LogP contribution < -0.4 is 5.56 Å². The van der Waals surface area contributed by atoms with Gasteiger partial charge >= 0.3 is 0 Å². The summed E-state index contributed by atoms with van der Waals surface area (Å²) in [7, 11) is 0. The lowest BCUT2D eigenvalue weighted by Crippen LogP contribution is -2.30. The van der Waals surface area contributed by atoms with E-state index in [-0.39, 0.29) is 5.56 Å². The van der Waals surface area contributed by atoms with Crippen LogP contribution in [0.1, 0.15) is 30.8 Å². The summed E-state index contributed by atoms with van der Waals surface area (Å²) in [5.41, 5.74) is 1.17. The van der Waals surface area contributed by atoms with Crippen LogP contribution in [0.4, 0.5) is 0 Å². The van der Waals surface area contributed by atoms with Crippen LogP contribution in [0.5, 0.6) is 0 Å². The molecule has 142 valence electrons. The van der Waals surface area contributed by atoms with Crippen molar-refractivity contribution in [1.29, 1.82) is 0 Å². The minimum absolute atomic E-state index is 0.193. The predicted octanol–water partition coefficient (Wildman–Crippen LogP) is 4.18. The number of H-pyrrole nitrogens is 1. The van der Waals surface area contributed by atoms with Gasteiger partial charge in [0.1, 0.15) is 5.82 Å². The van der Waals surface area contributed by atoms with Crippen molar-refractivity contribution in [3.05, 3.63) is 74.3 Å². The van der Waals surface area contributed by atoms with Gasteiger partial charge in [0.25, 0.3) is 5.56 Å². The number of nitrogens with one attached hydrogen (secondary N) is 1. The smallest absolute Gasteiger partial charge is 0.258 e. The molecular formula is C20H21Cl2N3O2. The topological polar surface area (TPSA) is 69.2 Å². The number of hydrogen-bond donors (Lipinski definition) is 2. The maximum Gasteiger partial charge on any atom is 0.258 e. The summed E-state index contributed by atoms with van der Waals surface area (Å²) >= 11 is 11.9. The molecule has 0 amide bonds. The molecule has 0 bridgehead atoms. The molecule has 2 N–H and O–H groups in total. The summed E-state index contributed by atoms with van der Waals surface area (Å²) in [6.45, 7) is 3.68. The number of nitrogens with zero attached hydrogens (tertiary/aromatic N) is 2. The first-order valence-corrected chi connectivity index (χ1v) is 9.56. The Bertz CT molecular complexity index is 973. The first-order valence-electron chi connectivity index (χ1n) is 8.80. The predicted molar refractivity (Wildman–Crippen MR) is 109 cm³/mol. The Morgan fingerprint density at radius 3 is 2.56 bits per heavy atom. The summed E-state index contributed by atoms with van der Waals surface area (Å²) in [6.07, 6.45) is 0.257. The highest BCUT2D eigenvalue weighted by atomic mass is 35.5. The van der Waals surface area contributed by atoms with Crippen molar-refractivity contribution in [2.45, 2.75) is 26.0 Å². The van der Waals surface area contributed by atoms with Gasteiger partial charge in [0.05, 0.1) is 23.6 Å². The van der Waals surface area contributed by atoms with E-state index in [0.717, 1.165) is 18.5 Å². The summed E-state index contributed by atoms with van der Waals surface area (Å²) < 4.78 is 0. The summed E-state index contributed by atoms with van der Waals surface area (Å²) in [5.74, 6) is 0.548. The number of halogens is 2. The molecule has 0 fully saturated rings. The lowest BCUT2D eigenvalue weighted by atomic mass is 10.1. The van der Waals surface area contributed by atoms with E-state index in [1.165, 1.54) is 0 Å². The molecule has 0 saturated carbocycles. The fourth-order valence-electron chi connectivity index (χ4n) is 3.03. The highest BCUT2D eigenvalue weighted by Gasteiger charge is 2.15. The molecule has 0 spiro atoms. The van der Waals surface area contributed by atoms with Crippen molar-refractivity contribution in [1.82, 2.24) is 14.9 Å². The molecule has 0 aliphatic rings. The van der Waals surface area contributed by atoms with Gasteiger partial charge in [-0.1, -0.05) is 42.3 Å². The average molecular weight is 406 g/mol. The van der Waals surface area contributed by atoms with Gasteiger partial charge in [0.15, 0.2) is 0 Å². The molecule has 3 rings (SSSR count). The van der Waals surface area contributed by atoms with Gasteiger partial charge in [0, 0.05) is 16.6 Å². The third-order valence-corrected chi connectivity index (χ3v) is 4.80. The van der Waals surface area contributed by atoms with Crippen molar-refractivity contribution >= 4 is 34.1 Å². The summed E-state index contributed by atoms with van der Waals surface area (Å²) in [4.78, 5) is 21.7. The van der Waals surface area contributed by atoms with Crippen molar-refractivity contribution in [2.75, 3.05) is 13.1 Å². The zero-order valence-electron chi connectivity index (χ0n) is 15.0. The van der Waals surface area contributed by atoms with Crippen LogP contribution in [0.3, 0.4) is 0 Å². The number of aromatic amines is 1. The summed E-state index contributed by atoms with van der Waals surface area (Å²) in [6, 6.07) is 12.2. The van der Waals surface area contributed by atoms with Gasteiger partial charge in [-0.3, -0.25) is 9.69 Å². The summed E-state index contributed by atoms with van der Waals surface area (Å²) in [5, 5.41) is 12.2. The second-order valence-electron chi connectivity index (χ2n) is 6.48. The number of hydrogen-bond acceptors (Lipinski definition) is 4. The molecule has 0 aliphatic heterocycles. The standard InChI is InChI=1S/C20H21Cl2N3O2/c1-2-9-25(11-18(26)13-3-5-14(21)6-4-13)12-19-23-17-10-15(22)7-8-16(17)20(27)24-19/h3-8,10,18,26H,2,9,11-12H2,1H3,(H,23,24,27). The number of aromatic nitrogens is 2. The zero-order valence-corrected chi connectivity index (χ0v) is 16.5. The minimum atomic E-state index is -0.657. The molecular weight excluding hydrogens is 385 g/mol. The maximum atomic E-state index is 12.3. The van der Waals surface area contributed by atoms with Crippen LogP contribution in [0.25, 0.3) is 10.9 Å². The first-order chi connectivity index (χ1) is 13.0. The third kappa shape index (κ3) is 5.08. The SMILES string of the molecule is CCCN(Cc1nc2cc(Cl)ccc2c(=O)[nH]1)CC(O)c1ccc(Cl)cc1. The fourth-order valence-corrected chi connectivity index (χ4v) is 3.33. The van der Waals surface area contributed by atoms with E-state index in [0.29, 0.717) is 39.9 Å². The highest BCUT2D eigenvalue weighted by Crippen LogP contribution is 2.19. The lowest BCUT2D eigenvalue weighted by Gasteiger charge is -2.24. The van der Waals surface area contributed by atoms with Crippen molar-refractivity contribution in [2.24, 2.45) is 0 Å². The Morgan fingerprint density at radius 1 is 1.15 bits per heavy atom. The van der Waals surface area contributed by atoms with Crippen molar-refractivity contribution in [3.63, 3.8) is 0 Å². The van der Waals surface area contributed by atoms with E-state index in [2.05, 4.69) is 21.8 Å². The van der Waals surface area contributed by atoms with E-state index >= 15 is 0 Å². The Kier molecular flexibility index (Phi) is 6.50. The number of rotatable bonds is 7. The van der Waals surface area contributed by atoms with Gasteiger partial charge in [-0.2, -0.15) is 0 Å². The second-order valence-corrected chi connectivity index (χ2v) is 7.35. The normalized spacial score (nSPS) is 12.6. The lowest BCUT2D eigenvalue weighted by molar-refractivity contribution is 0.107. The van der Waals surface area contributed by atoms with Gasteiger partial charge in [-0.15, -0.1) is 0 Å². The molecule has 1 heterocycles. The molecule has 0 radical (unpaired) electrons. The quantitative estimate of drug-likeness (QED) is 0.618. The van der Waals surface area contributed by atoms with E-state index in [1.54, 1.807) is 30.3 Å². The second kappa shape index (κ2) is 8.85. The van der Waals surface area contributed by atoms with Crippen LogP contribution in [-0.4, -0.2) is 33.1 Å². The number of aliphatic hydroxyl groups excluding tert-OH is 1. The fraction of sp³-hybridized carbons (Fsp3) is 0.300. The molecule has 2 aromatic carbocycles. The first kappa shape index (κ1) is 19.8. The van der Waals surface area contributed by atoms with Gasteiger partial charge in [-0.05, 0) is 48.9 Å². The largest absolute Gasteiger partial charge is 0.387 e. The zero-order chi connectivity index (χ0) is 19.4. The molecule has 27 heavy (non-hydrogen) atoms. The van der Waals surface area contributed by atoms with Gasteiger partial charge < -0.3 is 10.1 Å². The third-order valence-electron chi connectivity index (χ3n) is 4.32. The Balaban J connectivity index is 1.80. The molecule has 0 aliphatic carbocycles. The minimum Gasteiger partial charge on any atom is -0.387 e. The van der Waals surface area contributed by atoms with E-state index in [1.807, 2.05) is 12.1 Å². The maximum absolute atomic E-state index is 12.3. The number of benzene rings is 2. The number of aliphatic hydroxyl groups is 1. The van der Waals surface area contributed by atoms with Crippen LogP contribution in [0, 0.1) is 0 Å². The Hall–Kier alpha value is -1.92. The van der Waals surface area contributed by atoms with Gasteiger partial charge in [0.2, 0.25) is 0 Å². The van der Waals surface area contributed by atoms with E-state index < -0.39 is 6.10 Å². The Morgan fingerprint density at radius 2 is 1.85 bits per heavy atom. The van der Waals surface area contributed by atoms with Crippen LogP contribution in [0.15, 0.2) is 47.3 Å². The average Bonchev–Trinajstić information content (AvgIpc) is 2.62. The number of fused-ring (bicyclic) bond motifs is 1. The molecule has 3 aromatic rings. The van der Waals surface area contributed by atoms with Crippen LogP contribution >= 0.6 is 23.2 Å². The van der Waals surface area contributed by atoms with Crippen molar-refractivity contribution < 1.29 is 5.11 Å². The molecule has 1 aromatic heterocycles. The van der Waals surface area contributed by atoms with Crippen LogP contribution in [0.2, 0.25) is 10.0 Å². The Labute approximate surface area is 167 Å². The molecule has 1 atom stereocenters. The molecule has 0 saturated heterocycles. The monoisotopic (exact) mass is 405 g/mol. The molecule has 1 unspecified atom stereocenters. The van der Waals surface area contributed by atoms with E-state index in [9.17, 15) is 9.90 Å².